The van der Waals surface area contributed by atoms with Crippen LogP contribution < -0.4 is 19.5 Å². The molecular weight excluding hydrogens is 441 g/mol. The number of amides is 1. The number of carboxylic acid groups (broad SMARTS) is 1. The zero-order valence-corrected chi connectivity index (χ0v) is 15.9. The van der Waals surface area contributed by atoms with E-state index in [9.17, 15) is 14.7 Å². The maximum atomic E-state index is 12.6. The molecule has 0 aliphatic carbocycles. The highest BCUT2D eigenvalue weighted by Crippen LogP contribution is 2.38. The van der Waals surface area contributed by atoms with Gasteiger partial charge in [0.15, 0.2) is 11.5 Å². The van der Waals surface area contributed by atoms with Crippen molar-refractivity contribution in [3.05, 3.63) is 45.0 Å². The first kappa shape index (κ1) is 18.8. The standard InChI is InChI=1S/C17H16INO6/c1-23-13-6-9(7-14(24-2)15(13)25-3)16(20)19-12-5-4-10(18)8-11(12)17(21)22/h4-8H,1-3H3,(H,19,20)(H,21,22). The number of aromatic carboxylic acids is 1. The van der Waals surface area contributed by atoms with Gasteiger partial charge in [-0.1, -0.05) is 0 Å². The summed E-state index contributed by atoms with van der Waals surface area (Å²) in [7, 11) is 4.35. The molecule has 0 saturated heterocycles. The average Bonchev–Trinajstić information content (AvgIpc) is 2.61. The number of carbonyl (C=O) groups is 2. The fraction of sp³-hybridized carbons (Fsp3) is 0.176. The number of hydrogen-bond acceptors (Lipinski definition) is 5. The third-order valence-corrected chi connectivity index (χ3v) is 4.06. The number of anilines is 1. The molecule has 0 fully saturated rings. The minimum absolute atomic E-state index is 0.00712. The molecule has 0 bridgehead atoms. The number of halogens is 1. The minimum atomic E-state index is -1.13. The Morgan fingerprint density at radius 1 is 1.00 bits per heavy atom. The number of hydrogen-bond donors (Lipinski definition) is 2. The van der Waals surface area contributed by atoms with E-state index in [1.54, 1.807) is 12.1 Å². The summed E-state index contributed by atoms with van der Waals surface area (Å²) in [5.41, 5.74) is 0.448. The Hall–Kier alpha value is -2.49. The molecule has 2 rings (SSSR count). The predicted octanol–water partition coefficient (Wildman–Crippen LogP) is 3.27. The lowest BCUT2D eigenvalue weighted by atomic mass is 10.1. The van der Waals surface area contributed by atoms with Crippen molar-refractivity contribution in [2.45, 2.75) is 0 Å². The summed E-state index contributed by atoms with van der Waals surface area (Å²) in [5.74, 6) is -0.607. The Morgan fingerprint density at radius 2 is 1.60 bits per heavy atom. The summed E-state index contributed by atoms with van der Waals surface area (Å²) in [6.07, 6.45) is 0. The van der Waals surface area contributed by atoms with Crippen molar-refractivity contribution in [3.63, 3.8) is 0 Å². The zero-order valence-electron chi connectivity index (χ0n) is 13.8. The average molecular weight is 457 g/mol. The molecule has 2 N–H and O–H groups in total. The van der Waals surface area contributed by atoms with Crippen LogP contribution in [0.25, 0.3) is 0 Å². The van der Waals surface area contributed by atoms with Crippen LogP contribution in [0.5, 0.6) is 17.2 Å². The molecule has 25 heavy (non-hydrogen) atoms. The third-order valence-electron chi connectivity index (χ3n) is 3.39. The van der Waals surface area contributed by atoms with Crippen molar-refractivity contribution < 1.29 is 28.9 Å². The fourth-order valence-electron chi connectivity index (χ4n) is 2.21. The van der Waals surface area contributed by atoms with Gasteiger partial charge in [-0.3, -0.25) is 4.79 Å². The van der Waals surface area contributed by atoms with Crippen LogP contribution in [0.15, 0.2) is 30.3 Å². The lowest BCUT2D eigenvalue weighted by molar-refractivity contribution is 0.0698. The molecule has 0 aliphatic rings. The van der Waals surface area contributed by atoms with E-state index >= 15 is 0 Å². The molecular formula is C17H16INO6. The van der Waals surface area contributed by atoms with Gasteiger partial charge >= 0.3 is 5.97 Å². The molecule has 0 radical (unpaired) electrons. The van der Waals surface area contributed by atoms with Crippen molar-refractivity contribution in [1.82, 2.24) is 0 Å². The smallest absolute Gasteiger partial charge is 0.337 e. The third kappa shape index (κ3) is 4.13. The first-order chi connectivity index (χ1) is 11.9. The number of carboxylic acids is 1. The second kappa shape index (κ2) is 8.06. The van der Waals surface area contributed by atoms with Crippen LogP contribution in [0.2, 0.25) is 0 Å². The van der Waals surface area contributed by atoms with E-state index in [1.165, 1.54) is 39.5 Å². The Labute approximate surface area is 158 Å². The van der Waals surface area contributed by atoms with Gasteiger partial charge in [-0.15, -0.1) is 0 Å². The number of nitrogens with one attached hydrogen (secondary N) is 1. The van der Waals surface area contributed by atoms with E-state index in [0.29, 0.717) is 17.2 Å². The molecule has 1 amide bonds. The summed E-state index contributed by atoms with van der Waals surface area (Å²) < 4.78 is 16.4. The molecule has 7 nitrogen and oxygen atoms in total. The van der Waals surface area contributed by atoms with Crippen LogP contribution >= 0.6 is 22.6 Å². The number of rotatable bonds is 6. The van der Waals surface area contributed by atoms with Crippen LogP contribution in [-0.4, -0.2) is 38.3 Å². The highest BCUT2D eigenvalue weighted by atomic mass is 127. The summed E-state index contributed by atoms with van der Waals surface area (Å²) in [6.45, 7) is 0. The van der Waals surface area contributed by atoms with Crippen LogP contribution in [0.1, 0.15) is 20.7 Å². The van der Waals surface area contributed by atoms with Crippen molar-refractivity contribution in [2.75, 3.05) is 26.6 Å². The number of ether oxygens (including phenoxy) is 3. The van der Waals surface area contributed by atoms with Crippen molar-refractivity contribution in [3.8, 4) is 17.2 Å². The summed E-state index contributed by atoms with van der Waals surface area (Å²) >= 11 is 2.00. The van der Waals surface area contributed by atoms with Crippen LogP contribution in [0.3, 0.4) is 0 Å². The molecule has 2 aromatic rings. The molecule has 0 aromatic heterocycles. The summed E-state index contributed by atoms with van der Waals surface area (Å²) in [5, 5.41) is 11.9. The maximum absolute atomic E-state index is 12.6. The molecule has 0 atom stereocenters. The fourth-order valence-corrected chi connectivity index (χ4v) is 2.70. The Morgan fingerprint density at radius 3 is 2.08 bits per heavy atom. The van der Waals surface area contributed by atoms with E-state index in [0.717, 1.165) is 3.57 Å². The van der Waals surface area contributed by atoms with E-state index in [4.69, 9.17) is 14.2 Å². The normalized spacial score (nSPS) is 10.1. The van der Waals surface area contributed by atoms with Gasteiger partial charge in [0.2, 0.25) is 5.75 Å². The minimum Gasteiger partial charge on any atom is -0.493 e. The van der Waals surface area contributed by atoms with Gasteiger partial charge in [0.1, 0.15) is 0 Å². The summed E-state index contributed by atoms with van der Waals surface area (Å²) in [6, 6.07) is 7.71. The number of methoxy groups -OCH3 is 3. The molecule has 8 heteroatoms. The first-order valence-corrected chi connectivity index (χ1v) is 8.13. The monoisotopic (exact) mass is 457 g/mol. The molecule has 0 aliphatic heterocycles. The van der Waals surface area contributed by atoms with Gasteiger partial charge in [0, 0.05) is 9.13 Å². The largest absolute Gasteiger partial charge is 0.493 e. The lowest BCUT2D eigenvalue weighted by Gasteiger charge is -2.14. The van der Waals surface area contributed by atoms with Gasteiger partial charge in [0.25, 0.3) is 5.91 Å². The SMILES string of the molecule is COc1cc(C(=O)Nc2ccc(I)cc2C(=O)O)cc(OC)c1OC. The Bertz CT molecular complexity index is 796. The molecule has 0 unspecified atom stereocenters. The zero-order chi connectivity index (χ0) is 18.6. The molecule has 132 valence electrons. The number of benzene rings is 2. The van der Waals surface area contributed by atoms with Crippen LogP contribution in [0, 0.1) is 3.57 Å². The summed E-state index contributed by atoms with van der Waals surface area (Å²) in [4.78, 5) is 23.9. The van der Waals surface area contributed by atoms with E-state index in [2.05, 4.69) is 5.32 Å². The van der Waals surface area contributed by atoms with Crippen LogP contribution in [-0.2, 0) is 0 Å². The Kier molecular flexibility index (Phi) is 6.07. The molecule has 2 aromatic carbocycles. The topological polar surface area (TPSA) is 94.1 Å². The van der Waals surface area contributed by atoms with Gasteiger partial charge in [0.05, 0.1) is 32.6 Å². The highest BCUT2D eigenvalue weighted by molar-refractivity contribution is 14.1. The highest BCUT2D eigenvalue weighted by Gasteiger charge is 2.19. The predicted molar refractivity (Wildman–Crippen MR) is 100 cm³/mol. The van der Waals surface area contributed by atoms with Crippen molar-refractivity contribution in [1.29, 1.82) is 0 Å². The van der Waals surface area contributed by atoms with E-state index in [1.807, 2.05) is 22.6 Å². The first-order valence-electron chi connectivity index (χ1n) is 7.05. The quantitative estimate of drug-likeness (QED) is 0.647. The van der Waals surface area contributed by atoms with E-state index in [-0.39, 0.29) is 16.8 Å². The Balaban J connectivity index is 2.41. The molecule has 0 saturated carbocycles. The maximum Gasteiger partial charge on any atom is 0.337 e. The van der Waals surface area contributed by atoms with Gasteiger partial charge in [-0.25, -0.2) is 4.79 Å². The van der Waals surface area contributed by atoms with Gasteiger partial charge in [-0.05, 0) is 52.9 Å². The van der Waals surface area contributed by atoms with E-state index < -0.39 is 11.9 Å². The van der Waals surface area contributed by atoms with Crippen molar-refractivity contribution in [2.24, 2.45) is 0 Å². The van der Waals surface area contributed by atoms with Gasteiger partial charge < -0.3 is 24.6 Å². The van der Waals surface area contributed by atoms with Crippen LogP contribution in [0.4, 0.5) is 5.69 Å². The number of carbonyl (C=O) groups excluding carboxylic acids is 1. The second-order valence-electron chi connectivity index (χ2n) is 4.86. The van der Waals surface area contributed by atoms with Gasteiger partial charge in [-0.2, -0.15) is 0 Å². The second-order valence-corrected chi connectivity index (χ2v) is 6.11. The van der Waals surface area contributed by atoms with Crippen molar-refractivity contribution >= 4 is 40.2 Å². The molecule has 0 heterocycles. The lowest BCUT2D eigenvalue weighted by Crippen LogP contribution is -2.15. The molecule has 0 spiro atoms.